The molecule has 13 nitrogen and oxygen atoms in total. The second-order valence-corrected chi connectivity index (χ2v) is 12.5. The predicted octanol–water partition coefficient (Wildman–Crippen LogP) is -0.0925. The zero-order chi connectivity index (χ0) is 31.0. The molecule has 2 unspecified atom stereocenters. The molecular weight excluding hydrogens is 564 g/mol. The lowest BCUT2D eigenvalue weighted by atomic mass is 9.48. The van der Waals surface area contributed by atoms with Crippen LogP contribution in [0.5, 0.6) is 11.5 Å². The molecule has 6 aliphatic rings. The van der Waals surface area contributed by atoms with Crippen molar-refractivity contribution in [2.24, 2.45) is 5.92 Å². The Bertz CT molecular complexity index is 1400. The molecule has 1 aromatic rings. The van der Waals surface area contributed by atoms with Crippen LogP contribution in [0.3, 0.4) is 0 Å². The van der Waals surface area contributed by atoms with E-state index in [1.165, 1.54) is 17.7 Å². The Hall–Kier alpha value is -3.52. The van der Waals surface area contributed by atoms with E-state index >= 15 is 0 Å². The zero-order valence-electron chi connectivity index (χ0n) is 23.7. The summed E-state index contributed by atoms with van der Waals surface area (Å²) in [6.45, 7) is 3.66. The number of likely N-dealkylation sites (tertiary alicyclic amines) is 2. The van der Waals surface area contributed by atoms with Crippen LogP contribution in [-0.2, 0) is 31.0 Å². The van der Waals surface area contributed by atoms with Gasteiger partial charge < -0.3 is 35.4 Å². The SMILES string of the molecule is C/C=C1/CC(=O)N([C@@H]2CC[C@@]3(O)[C@H]4Cc5ccc(O)c6c5[C@@]3(CCN4CC3CC3)[C@H]2O6)C1=O.O=C(O)C(O)C(O)C(=O)O. The Kier molecular flexibility index (Phi) is 7.07. The number of hydrogen-bond donors (Lipinski definition) is 6. The number of carboxylic acid groups (broad SMARTS) is 2. The van der Waals surface area contributed by atoms with E-state index in [4.69, 9.17) is 25.2 Å². The molecule has 13 heteroatoms. The minimum absolute atomic E-state index is 0.0158. The van der Waals surface area contributed by atoms with Crippen LogP contribution in [0.25, 0.3) is 0 Å². The number of phenolic OH excluding ortho intramolecular Hbond substituents is 1. The lowest BCUT2D eigenvalue weighted by Gasteiger charge is -2.64. The molecular formula is C30H36N2O11. The lowest BCUT2D eigenvalue weighted by molar-refractivity contribution is -0.201. The van der Waals surface area contributed by atoms with Gasteiger partial charge in [0.25, 0.3) is 5.91 Å². The zero-order valence-corrected chi connectivity index (χ0v) is 23.7. The topological polar surface area (TPSA) is 205 Å². The molecule has 4 fully saturated rings. The van der Waals surface area contributed by atoms with Crippen LogP contribution in [0.2, 0.25) is 0 Å². The molecule has 0 aromatic heterocycles. The summed E-state index contributed by atoms with van der Waals surface area (Å²) in [5, 5.41) is 55.8. The van der Waals surface area contributed by atoms with Crippen molar-refractivity contribution in [3.05, 3.63) is 34.9 Å². The number of piperidine rings is 1. The summed E-state index contributed by atoms with van der Waals surface area (Å²) >= 11 is 0. The number of imide groups is 1. The third-order valence-electron chi connectivity index (χ3n) is 10.3. The molecule has 3 heterocycles. The van der Waals surface area contributed by atoms with Crippen molar-refractivity contribution in [3.8, 4) is 11.5 Å². The summed E-state index contributed by atoms with van der Waals surface area (Å²) in [7, 11) is 0. The number of hydrogen-bond acceptors (Lipinski definition) is 10. The van der Waals surface area contributed by atoms with Crippen molar-refractivity contribution in [3.63, 3.8) is 0 Å². The van der Waals surface area contributed by atoms with Crippen molar-refractivity contribution in [2.75, 3.05) is 13.1 Å². The molecule has 2 saturated carbocycles. The van der Waals surface area contributed by atoms with Crippen molar-refractivity contribution in [1.82, 2.24) is 9.80 Å². The number of aliphatic carboxylic acids is 2. The summed E-state index contributed by atoms with van der Waals surface area (Å²) in [6.07, 6.45) is 1.75. The Labute approximate surface area is 247 Å². The van der Waals surface area contributed by atoms with E-state index in [-0.39, 0.29) is 30.0 Å². The smallest absolute Gasteiger partial charge is 0.335 e. The Balaban J connectivity index is 0.000000286. The van der Waals surface area contributed by atoms with Crippen LogP contribution in [-0.4, -0.2) is 113 Å². The molecule has 232 valence electrons. The van der Waals surface area contributed by atoms with Crippen molar-refractivity contribution < 1.29 is 54.6 Å². The molecule has 3 aliphatic heterocycles. The second kappa shape index (κ2) is 10.3. The number of aliphatic hydroxyl groups excluding tert-OH is 2. The summed E-state index contributed by atoms with van der Waals surface area (Å²) in [6, 6.07) is 3.20. The number of aromatic hydroxyl groups is 1. The average Bonchev–Trinajstić information content (AvgIpc) is 3.64. The van der Waals surface area contributed by atoms with Gasteiger partial charge in [-0.05, 0) is 69.5 Å². The quantitative estimate of drug-likeness (QED) is 0.187. The summed E-state index contributed by atoms with van der Waals surface area (Å²) in [5.41, 5.74) is 0.837. The largest absolute Gasteiger partial charge is 0.504 e. The standard InChI is InChI=1S/C26H30N2O5.C4H6O6/c1-2-15-12-20(30)28(24(15)31)17-7-8-26(32)19-11-16-5-6-18(29)22-21(16)25(26,23(17)33-22)9-10-27(19)13-14-3-4-14;5-1(3(7)8)2(6)4(9)10/h2,5-6,14,17,19,23,29,32H,3-4,7-13H2,1H3;1-2,5-6H,(H,7,8)(H,9,10)/b15-2-;/t17-,19-,23+,25+,26-;/m1./s1. The average molecular weight is 601 g/mol. The molecule has 3 aliphatic carbocycles. The molecule has 6 N–H and O–H groups in total. The van der Waals surface area contributed by atoms with Gasteiger partial charge >= 0.3 is 11.9 Å². The molecule has 1 aromatic carbocycles. The van der Waals surface area contributed by atoms with Crippen molar-refractivity contribution >= 4 is 23.8 Å². The van der Waals surface area contributed by atoms with Gasteiger partial charge in [-0.15, -0.1) is 0 Å². The molecule has 7 rings (SSSR count). The maximum absolute atomic E-state index is 13.1. The van der Waals surface area contributed by atoms with E-state index in [0.29, 0.717) is 30.6 Å². The summed E-state index contributed by atoms with van der Waals surface area (Å²) in [5.74, 6) is -2.72. The first kappa shape index (κ1) is 29.5. The molecule has 7 atom stereocenters. The highest BCUT2D eigenvalue weighted by atomic mass is 16.5. The Morgan fingerprint density at radius 1 is 1.09 bits per heavy atom. The van der Waals surface area contributed by atoms with Crippen LogP contribution in [0.4, 0.5) is 0 Å². The predicted molar refractivity (Wildman–Crippen MR) is 146 cm³/mol. The minimum atomic E-state index is -2.27. The normalized spacial score (nSPS) is 34.7. The van der Waals surface area contributed by atoms with Gasteiger partial charge in [0.05, 0.1) is 23.5 Å². The maximum atomic E-state index is 13.1. The first-order chi connectivity index (χ1) is 20.4. The van der Waals surface area contributed by atoms with Gasteiger partial charge in [0.2, 0.25) is 5.91 Å². The van der Waals surface area contributed by atoms with E-state index in [1.54, 1.807) is 19.1 Å². The van der Waals surface area contributed by atoms with Crippen LogP contribution >= 0.6 is 0 Å². The first-order valence-electron chi connectivity index (χ1n) is 14.7. The number of carboxylic acids is 2. The molecule has 2 amide bonds. The van der Waals surface area contributed by atoms with Crippen molar-refractivity contribution in [2.45, 2.75) is 93.3 Å². The van der Waals surface area contributed by atoms with Crippen LogP contribution in [0.15, 0.2) is 23.8 Å². The number of carbonyl (C=O) groups excluding carboxylic acids is 2. The van der Waals surface area contributed by atoms with E-state index in [9.17, 15) is 29.4 Å². The molecule has 1 spiro atoms. The summed E-state index contributed by atoms with van der Waals surface area (Å²) in [4.78, 5) is 49.5. The molecule has 2 saturated heterocycles. The van der Waals surface area contributed by atoms with Gasteiger partial charge in [-0.3, -0.25) is 19.4 Å². The van der Waals surface area contributed by atoms with Gasteiger partial charge in [0, 0.05) is 23.7 Å². The number of allylic oxidation sites excluding steroid dienone is 1. The Morgan fingerprint density at radius 2 is 1.77 bits per heavy atom. The minimum Gasteiger partial charge on any atom is -0.504 e. The number of carbonyl (C=O) groups is 4. The lowest BCUT2D eigenvalue weighted by Crippen LogP contribution is -2.78. The van der Waals surface area contributed by atoms with Crippen LogP contribution in [0, 0.1) is 5.92 Å². The van der Waals surface area contributed by atoms with Gasteiger partial charge in [0.1, 0.15) is 6.10 Å². The highest BCUT2D eigenvalue weighted by molar-refractivity contribution is 6.13. The van der Waals surface area contributed by atoms with Gasteiger partial charge in [-0.2, -0.15) is 0 Å². The molecule has 0 radical (unpaired) electrons. The fourth-order valence-electron chi connectivity index (χ4n) is 8.14. The van der Waals surface area contributed by atoms with E-state index < -0.39 is 47.3 Å². The van der Waals surface area contributed by atoms with E-state index in [1.807, 2.05) is 6.07 Å². The van der Waals surface area contributed by atoms with Gasteiger partial charge in [-0.1, -0.05) is 12.1 Å². The fraction of sp³-hybridized carbons (Fsp3) is 0.600. The number of nitrogens with zero attached hydrogens (tertiary/aromatic N) is 2. The number of ether oxygens (including phenoxy) is 1. The summed E-state index contributed by atoms with van der Waals surface area (Å²) < 4.78 is 6.50. The monoisotopic (exact) mass is 600 g/mol. The second-order valence-electron chi connectivity index (χ2n) is 12.5. The molecule has 43 heavy (non-hydrogen) atoms. The number of amides is 2. The van der Waals surface area contributed by atoms with Crippen LogP contribution < -0.4 is 4.74 Å². The fourth-order valence-corrected chi connectivity index (χ4v) is 8.14. The van der Waals surface area contributed by atoms with Gasteiger partial charge in [0.15, 0.2) is 23.7 Å². The molecule has 2 bridgehead atoms. The van der Waals surface area contributed by atoms with Crippen molar-refractivity contribution in [1.29, 1.82) is 0 Å². The maximum Gasteiger partial charge on any atom is 0.335 e. The third kappa shape index (κ3) is 4.27. The first-order valence-corrected chi connectivity index (χ1v) is 14.7. The highest BCUT2D eigenvalue weighted by Crippen LogP contribution is 2.66. The third-order valence-corrected chi connectivity index (χ3v) is 10.3. The number of phenols is 1. The van der Waals surface area contributed by atoms with Gasteiger partial charge in [-0.25, -0.2) is 9.59 Å². The highest BCUT2D eigenvalue weighted by Gasteiger charge is 2.74. The van der Waals surface area contributed by atoms with E-state index in [0.717, 1.165) is 36.6 Å². The Morgan fingerprint density at radius 3 is 2.35 bits per heavy atom. The number of aliphatic hydroxyl groups is 3. The number of rotatable bonds is 6. The van der Waals surface area contributed by atoms with Crippen LogP contribution in [0.1, 0.15) is 56.6 Å². The van der Waals surface area contributed by atoms with E-state index in [2.05, 4.69) is 4.90 Å². The number of benzene rings is 1.